The van der Waals surface area contributed by atoms with Gasteiger partial charge in [-0.05, 0) is 40.0 Å². The van der Waals surface area contributed by atoms with Crippen LogP contribution in [0.15, 0.2) is 0 Å². The van der Waals surface area contributed by atoms with E-state index in [1.165, 1.54) is 0 Å². The maximum Gasteiger partial charge on any atom is 0.408 e. The summed E-state index contributed by atoms with van der Waals surface area (Å²) in [6.45, 7) is 12.1. The van der Waals surface area contributed by atoms with Gasteiger partial charge in [-0.3, -0.25) is 0 Å². The van der Waals surface area contributed by atoms with Crippen molar-refractivity contribution in [1.29, 1.82) is 0 Å². The minimum absolute atomic E-state index is 0.392. The Morgan fingerprint density at radius 3 is 2.12 bits per heavy atom. The van der Waals surface area contributed by atoms with E-state index in [0.29, 0.717) is 12.5 Å². The van der Waals surface area contributed by atoms with Crippen LogP contribution in [0.2, 0.25) is 0 Å². The lowest BCUT2D eigenvalue weighted by molar-refractivity contribution is 0.0456. The topological polar surface area (TPSA) is 64.3 Å². The number of carbonyl (C=O) groups excluding carboxylic acids is 1. The van der Waals surface area contributed by atoms with Crippen LogP contribution in [0.1, 0.15) is 48.0 Å². The summed E-state index contributed by atoms with van der Waals surface area (Å²) in [6, 6.07) is 0. The van der Waals surface area contributed by atoms with E-state index in [0.717, 1.165) is 6.42 Å². The van der Waals surface area contributed by atoms with Gasteiger partial charge in [0.15, 0.2) is 0 Å². The maximum atomic E-state index is 11.6. The molecule has 4 nitrogen and oxygen atoms in total. The zero-order valence-electron chi connectivity index (χ0n) is 11.4. The summed E-state index contributed by atoms with van der Waals surface area (Å²) in [5.74, 6) is 0.475. The molecule has 0 radical (unpaired) electrons. The van der Waals surface area contributed by atoms with Crippen LogP contribution in [0, 0.1) is 5.92 Å². The first-order valence-electron chi connectivity index (χ1n) is 5.79. The molecule has 0 heterocycles. The fourth-order valence-corrected chi connectivity index (χ4v) is 1.64. The van der Waals surface area contributed by atoms with Gasteiger partial charge in [0.05, 0.1) is 5.54 Å². The Bertz CT molecular complexity index is 234. The summed E-state index contributed by atoms with van der Waals surface area (Å²) in [7, 11) is 0. The Kier molecular flexibility index (Phi) is 5.26. The predicted octanol–water partition coefficient (Wildman–Crippen LogP) is 2.27. The molecule has 0 aromatic rings. The average Bonchev–Trinajstić information content (AvgIpc) is 1.98. The summed E-state index contributed by atoms with van der Waals surface area (Å²) in [5.41, 5.74) is 4.83. The fourth-order valence-electron chi connectivity index (χ4n) is 1.64. The Morgan fingerprint density at radius 1 is 1.31 bits per heavy atom. The number of carbonyl (C=O) groups is 1. The highest BCUT2D eigenvalue weighted by atomic mass is 16.6. The summed E-state index contributed by atoms with van der Waals surface area (Å²) in [4.78, 5) is 11.6. The molecule has 0 aliphatic rings. The third kappa shape index (κ3) is 6.67. The molecule has 16 heavy (non-hydrogen) atoms. The van der Waals surface area contributed by atoms with Gasteiger partial charge in [0, 0.05) is 6.54 Å². The summed E-state index contributed by atoms with van der Waals surface area (Å²) < 4.78 is 5.21. The van der Waals surface area contributed by atoms with Crippen molar-refractivity contribution in [3.63, 3.8) is 0 Å². The highest BCUT2D eigenvalue weighted by Gasteiger charge is 2.28. The van der Waals surface area contributed by atoms with Gasteiger partial charge in [-0.2, -0.15) is 0 Å². The van der Waals surface area contributed by atoms with E-state index in [-0.39, 0.29) is 0 Å². The fraction of sp³-hybridized carbons (Fsp3) is 0.917. The first-order chi connectivity index (χ1) is 7.08. The van der Waals surface area contributed by atoms with Crippen LogP contribution in [0.3, 0.4) is 0 Å². The number of nitrogens with two attached hydrogens (primary N) is 1. The molecule has 4 heteroatoms. The first-order valence-corrected chi connectivity index (χ1v) is 5.79. The SMILES string of the molecule is CC(C)CC(C)(CN)NC(=O)OC(C)(C)C. The summed E-state index contributed by atoms with van der Waals surface area (Å²) >= 11 is 0. The number of amides is 1. The highest BCUT2D eigenvalue weighted by Crippen LogP contribution is 2.16. The van der Waals surface area contributed by atoms with Crippen molar-refractivity contribution in [2.75, 3.05) is 6.54 Å². The monoisotopic (exact) mass is 230 g/mol. The van der Waals surface area contributed by atoms with E-state index in [2.05, 4.69) is 19.2 Å². The molecule has 0 aliphatic carbocycles. The van der Waals surface area contributed by atoms with Crippen molar-refractivity contribution in [3.8, 4) is 0 Å². The molecule has 96 valence electrons. The quantitative estimate of drug-likeness (QED) is 0.778. The number of hydrogen-bond acceptors (Lipinski definition) is 3. The molecule has 0 aromatic carbocycles. The number of rotatable bonds is 4. The largest absolute Gasteiger partial charge is 0.444 e. The van der Waals surface area contributed by atoms with E-state index in [1.807, 2.05) is 27.7 Å². The Balaban J connectivity index is 4.37. The van der Waals surface area contributed by atoms with Crippen molar-refractivity contribution in [2.45, 2.75) is 59.1 Å². The van der Waals surface area contributed by atoms with Crippen molar-refractivity contribution >= 4 is 6.09 Å². The van der Waals surface area contributed by atoms with Crippen molar-refractivity contribution in [1.82, 2.24) is 5.32 Å². The van der Waals surface area contributed by atoms with Crippen LogP contribution in [0.25, 0.3) is 0 Å². The lowest BCUT2D eigenvalue weighted by Gasteiger charge is -2.32. The van der Waals surface area contributed by atoms with Crippen LogP contribution in [-0.2, 0) is 4.74 Å². The van der Waals surface area contributed by atoms with E-state index < -0.39 is 17.2 Å². The molecule has 3 N–H and O–H groups in total. The van der Waals surface area contributed by atoms with Crippen LogP contribution in [-0.4, -0.2) is 23.8 Å². The lowest BCUT2D eigenvalue weighted by Crippen LogP contribution is -2.53. The zero-order valence-corrected chi connectivity index (χ0v) is 11.4. The molecule has 1 unspecified atom stereocenters. The summed E-state index contributed by atoms with van der Waals surface area (Å²) in [6.07, 6.45) is 0.434. The second-order valence-electron chi connectivity index (χ2n) is 5.99. The van der Waals surface area contributed by atoms with Crippen LogP contribution < -0.4 is 11.1 Å². The Morgan fingerprint density at radius 2 is 1.81 bits per heavy atom. The molecule has 0 aromatic heterocycles. The molecule has 0 bridgehead atoms. The average molecular weight is 230 g/mol. The molecular formula is C12H26N2O2. The number of hydrogen-bond donors (Lipinski definition) is 2. The molecule has 0 rings (SSSR count). The van der Waals surface area contributed by atoms with E-state index in [1.54, 1.807) is 0 Å². The molecule has 0 aliphatic heterocycles. The summed E-state index contributed by atoms with van der Waals surface area (Å²) in [5, 5.41) is 2.84. The molecule has 0 saturated carbocycles. The van der Waals surface area contributed by atoms with E-state index >= 15 is 0 Å². The highest BCUT2D eigenvalue weighted by molar-refractivity contribution is 5.68. The van der Waals surface area contributed by atoms with Gasteiger partial charge >= 0.3 is 6.09 Å². The molecule has 0 spiro atoms. The number of ether oxygens (including phenoxy) is 1. The van der Waals surface area contributed by atoms with Crippen molar-refractivity contribution in [2.24, 2.45) is 11.7 Å². The van der Waals surface area contributed by atoms with Gasteiger partial charge in [0.25, 0.3) is 0 Å². The van der Waals surface area contributed by atoms with Gasteiger partial charge in [0.1, 0.15) is 5.60 Å². The van der Waals surface area contributed by atoms with Gasteiger partial charge in [-0.25, -0.2) is 4.79 Å². The molecular weight excluding hydrogens is 204 g/mol. The van der Waals surface area contributed by atoms with E-state index in [4.69, 9.17) is 10.5 Å². The third-order valence-electron chi connectivity index (χ3n) is 2.11. The van der Waals surface area contributed by atoms with Crippen LogP contribution in [0.5, 0.6) is 0 Å². The first kappa shape index (κ1) is 15.2. The molecule has 0 fully saturated rings. The smallest absolute Gasteiger partial charge is 0.408 e. The van der Waals surface area contributed by atoms with Gasteiger partial charge in [-0.15, -0.1) is 0 Å². The predicted molar refractivity (Wildman–Crippen MR) is 66.3 cm³/mol. The minimum Gasteiger partial charge on any atom is -0.444 e. The second kappa shape index (κ2) is 5.53. The standard InChI is InChI=1S/C12H26N2O2/c1-9(2)7-12(6,8-13)14-10(15)16-11(3,4)5/h9H,7-8,13H2,1-6H3,(H,14,15). The molecule has 1 atom stereocenters. The maximum absolute atomic E-state index is 11.6. The van der Waals surface area contributed by atoms with Crippen molar-refractivity contribution in [3.05, 3.63) is 0 Å². The lowest BCUT2D eigenvalue weighted by atomic mass is 9.91. The Labute approximate surface area is 98.9 Å². The normalized spacial score (nSPS) is 15.8. The van der Waals surface area contributed by atoms with E-state index in [9.17, 15) is 4.79 Å². The minimum atomic E-state index is -0.475. The van der Waals surface area contributed by atoms with Gasteiger partial charge in [0.2, 0.25) is 0 Å². The third-order valence-corrected chi connectivity index (χ3v) is 2.11. The molecule has 1 amide bonds. The zero-order chi connectivity index (χ0) is 13.0. The van der Waals surface area contributed by atoms with Crippen LogP contribution in [0.4, 0.5) is 4.79 Å². The molecule has 0 saturated heterocycles. The van der Waals surface area contributed by atoms with Gasteiger partial charge in [-0.1, -0.05) is 13.8 Å². The second-order valence-corrected chi connectivity index (χ2v) is 5.99. The number of alkyl carbamates (subject to hydrolysis) is 1. The van der Waals surface area contributed by atoms with Crippen LogP contribution >= 0.6 is 0 Å². The van der Waals surface area contributed by atoms with Gasteiger partial charge < -0.3 is 15.8 Å². The number of nitrogens with one attached hydrogen (secondary N) is 1. The van der Waals surface area contributed by atoms with Crippen molar-refractivity contribution < 1.29 is 9.53 Å². The Hall–Kier alpha value is -0.770.